The van der Waals surface area contributed by atoms with Crippen LogP contribution in [0.2, 0.25) is 10.0 Å². The zero-order valence-corrected chi connectivity index (χ0v) is 20.1. The van der Waals surface area contributed by atoms with Crippen LogP contribution in [0, 0.1) is 11.7 Å². The quantitative estimate of drug-likeness (QED) is 0.330. The Bertz CT molecular complexity index is 1300. The van der Waals surface area contributed by atoms with Crippen molar-refractivity contribution in [2.24, 2.45) is 5.92 Å². The number of imidazole rings is 1. The molecule has 2 aromatic carbocycles. The Kier molecular flexibility index (Phi) is 6.94. The molecule has 6 nitrogen and oxygen atoms in total. The molecule has 0 radical (unpaired) electrons. The number of anilines is 1. The molecule has 0 unspecified atom stereocenters. The molecule has 0 atom stereocenters. The van der Waals surface area contributed by atoms with Crippen LogP contribution in [-0.2, 0) is 13.1 Å². The molecule has 1 aliphatic heterocycles. The fraction of sp³-hybridized carbons (Fsp3) is 0.320. The van der Waals surface area contributed by atoms with Crippen molar-refractivity contribution in [2.75, 3.05) is 18.4 Å². The molecule has 176 valence electrons. The van der Waals surface area contributed by atoms with Gasteiger partial charge in [-0.2, -0.15) is 4.98 Å². The van der Waals surface area contributed by atoms with E-state index < -0.39 is 5.82 Å². The second kappa shape index (κ2) is 10.3. The standard InChI is InChI=1S/C25H25Cl2FN6/c26-18-5-6-19(21(28)13-18)23-32-22-15-31-25(30-14-17-3-1-2-4-20(17)27)33-24(22)34(23)12-9-16-7-10-29-11-8-16/h1-6,13,15-16,29H,7-12,14H2,(H,30,31,33). The number of benzene rings is 2. The summed E-state index contributed by atoms with van der Waals surface area (Å²) in [6, 6.07) is 12.3. The van der Waals surface area contributed by atoms with Crippen molar-refractivity contribution in [1.82, 2.24) is 24.8 Å². The van der Waals surface area contributed by atoms with Gasteiger partial charge in [0.25, 0.3) is 0 Å². The zero-order chi connectivity index (χ0) is 23.5. The number of halogens is 3. The van der Waals surface area contributed by atoms with Crippen LogP contribution in [0.15, 0.2) is 48.7 Å². The molecule has 0 amide bonds. The lowest BCUT2D eigenvalue weighted by molar-refractivity contribution is 0.339. The molecule has 4 aromatic rings. The highest BCUT2D eigenvalue weighted by atomic mass is 35.5. The minimum absolute atomic E-state index is 0.351. The molecule has 3 heterocycles. The van der Waals surface area contributed by atoms with Crippen molar-refractivity contribution in [1.29, 1.82) is 0 Å². The van der Waals surface area contributed by atoms with E-state index in [1.807, 2.05) is 28.8 Å². The van der Waals surface area contributed by atoms with Crippen molar-refractivity contribution in [2.45, 2.75) is 32.4 Å². The normalized spacial score (nSPS) is 14.6. The van der Waals surface area contributed by atoms with E-state index in [0.717, 1.165) is 37.9 Å². The molecular formula is C25H25Cl2FN6. The van der Waals surface area contributed by atoms with Crippen LogP contribution in [0.25, 0.3) is 22.6 Å². The Morgan fingerprint density at radius 3 is 2.71 bits per heavy atom. The van der Waals surface area contributed by atoms with Crippen LogP contribution >= 0.6 is 23.2 Å². The second-order valence-corrected chi connectivity index (χ2v) is 9.38. The molecule has 9 heteroatoms. The first-order chi connectivity index (χ1) is 16.6. The van der Waals surface area contributed by atoms with E-state index in [2.05, 4.69) is 15.6 Å². The minimum atomic E-state index is -0.407. The Hall–Kier alpha value is -2.74. The van der Waals surface area contributed by atoms with Gasteiger partial charge in [-0.3, -0.25) is 0 Å². The second-order valence-electron chi connectivity index (χ2n) is 8.54. The van der Waals surface area contributed by atoms with E-state index in [1.165, 1.54) is 6.07 Å². The van der Waals surface area contributed by atoms with E-state index >= 15 is 0 Å². The van der Waals surface area contributed by atoms with Gasteiger partial charge in [0, 0.05) is 23.1 Å². The van der Waals surface area contributed by atoms with Crippen LogP contribution in [-0.4, -0.2) is 32.6 Å². The third kappa shape index (κ3) is 5.02. The maximum absolute atomic E-state index is 14.9. The fourth-order valence-corrected chi connectivity index (χ4v) is 4.75. The van der Waals surface area contributed by atoms with Gasteiger partial charge in [0.2, 0.25) is 5.95 Å². The lowest BCUT2D eigenvalue weighted by atomic mass is 9.95. The Morgan fingerprint density at radius 2 is 1.91 bits per heavy atom. The Labute approximate surface area is 207 Å². The third-order valence-electron chi connectivity index (χ3n) is 6.27. The van der Waals surface area contributed by atoms with E-state index in [4.69, 9.17) is 33.2 Å². The van der Waals surface area contributed by atoms with Crippen molar-refractivity contribution >= 4 is 40.3 Å². The van der Waals surface area contributed by atoms with Crippen LogP contribution < -0.4 is 10.6 Å². The van der Waals surface area contributed by atoms with Crippen LogP contribution in [0.3, 0.4) is 0 Å². The summed E-state index contributed by atoms with van der Waals surface area (Å²) in [6.07, 6.45) is 4.92. The SMILES string of the molecule is Fc1cc(Cl)ccc1-c1nc2cnc(NCc3ccccc3Cl)nc2n1CCC1CCNCC1. The Balaban J connectivity index is 1.49. The molecule has 0 saturated carbocycles. The molecule has 1 fully saturated rings. The Morgan fingerprint density at radius 1 is 1.09 bits per heavy atom. The number of hydrogen-bond donors (Lipinski definition) is 2. The molecule has 2 N–H and O–H groups in total. The van der Waals surface area contributed by atoms with Gasteiger partial charge in [-0.1, -0.05) is 41.4 Å². The van der Waals surface area contributed by atoms with Gasteiger partial charge in [-0.25, -0.2) is 14.4 Å². The predicted octanol–water partition coefficient (Wildman–Crippen LogP) is 5.94. The molecule has 1 saturated heterocycles. The van der Waals surface area contributed by atoms with Crippen LogP contribution in [0.1, 0.15) is 24.8 Å². The van der Waals surface area contributed by atoms with Crippen LogP contribution in [0.5, 0.6) is 0 Å². The largest absolute Gasteiger partial charge is 0.350 e. The third-order valence-corrected chi connectivity index (χ3v) is 6.88. The lowest BCUT2D eigenvalue weighted by Gasteiger charge is -2.23. The summed E-state index contributed by atoms with van der Waals surface area (Å²) in [5.74, 6) is 1.21. The molecule has 0 spiro atoms. The number of piperidine rings is 1. The van der Waals surface area contributed by atoms with E-state index in [0.29, 0.717) is 57.6 Å². The van der Waals surface area contributed by atoms with Gasteiger partial charge in [-0.05, 0) is 68.1 Å². The molecule has 34 heavy (non-hydrogen) atoms. The van der Waals surface area contributed by atoms with Gasteiger partial charge in [-0.15, -0.1) is 0 Å². The average Bonchev–Trinajstić information content (AvgIpc) is 3.20. The summed E-state index contributed by atoms with van der Waals surface area (Å²) in [4.78, 5) is 13.9. The number of rotatable bonds is 7. The predicted molar refractivity (Wildman–Crippen MR) is 135 cm³/mol. The van der Waals surface area contributed by atoms with E-state index in [9.17, 15) is 4.39 Å². The fourth-order valence-electron chi connectivity index (χ4n) is 4.39. The molecule has 0 bridgehead atoms. The minimum Gasteiger partial charge on any atom is -0.350 e. The summed E-state index contributed by atoms with van der Waals surface area (Å²) in [6.45, 7) is 3.26. The lowest BCUT2D eigenvalue weighted by Crippen LogP contribution is -2.28. The highest BCUT2D eigenvalue weighted by Crippen LogP contribution is 2.29. The zero-order valence-electron chi connectivity index (χ0n) is 18.6. The van der Waals surface area contributed by atoms with Crippen molar-refractivity contribution in [3.05, 3.63) is 70.1 Å². The number of aromatic nitrogens is 4. The summed E-state index contributed by atoms with van der Waals surface area (Å²) in [5, 5.41) is 7.69. The number of hydrogen-bond acceptors (Lipinski definition) is 5. The molecule has 5 rings (SSSR count). The highest BCUT2D eigenvalue weighted by molar-refractivity contribution is 6.31. The molecule has 2 aromatic heterocycles. The van der Waals surface area contributed by atoms with Gasteiger partial charge >= 0.3 is 0 Å². The molecule has 1 aliphatic rings. The number of nitrogens with zero attached hydrogens (tertiary/aromatic N) is 4. The van der Waals surface area contributed by atoms with Gasteiger partial charge < -0.3 is 15.2 Å². The van der Waals surface area contributed by atoms with Crippen molar-refractivity contribution in [3.8, 4) is 11.4 Å². The van der Waals surface area contributed by atoms with Crippen molar-refractivity contribution in [3.63, 3.8) is 0 Å². The highest BCUT2D eigenvalue weighted by Gasteiger charge is 2.20. The number of aryl methyl sites for hydroxylation is 1. The van der Waals surface area contributed by atoms with Gasteiger partial charge in [0.05, 0.1) is 11.8 Å². The van der Waals surface area contributed by atoms with E-state index in [1.54, 1.807) is 18.3 Å². The summed E-state index contributed by atoms with van der Waals surface area (Å²) < 4.78 is 16.9. The topological polar surface area (TPSA) is 67.7 Å². The van der Waals surface area contributed by atoms with Crippen LogP contribution in [0.4, 0.5) is 10.3 Å². The summed E-state index contributed by atoms with van der Waals surface area (Å²) in [7, 11) is 0. The summed E-state index contributed by atoms with van der Waals surface area (Å²) in [5.41, 5.74) is 2.65. The first-order valence-corrected chi connectivity index (χ1v) is 12.2. The monoisotopic (exact) mass is 498 g/mol. The first kappa shape index (κ1) is 23.0. The molecule has 0 aliphatic carbocycles. The molecular weight excluding hydrogens is 474 g/mol. The first-order valence-electron chi connectivity index (χ1n) is 11.4. The summed E-state index contributed by atoms with van der Waals surface area (Å²) >= 11 is 12.3. The average molecular weight is 499 g/mol. The number of nitrogens with one attached hydrogen (secondary N) is 2. The maximum Gasteiger partial charge on any atom is 0.225 e. The van der Waals surface area contributed by atoms with Gasteiger partial charge in [0.15, 0.2) is 5.65 Å². The number of fused-ring (bicyclic) bond motifs is 1. The smallest absolute Gasteiger partial charge is 0.225 e. The van der Waals surface area contributed by atoms with Gasteiger partial charge in [0.1, 0.15) is 17.2 Å². The maximum atomic E-state index is 14.9. The van der Waals surface area contributed by atoms with E-state index in [-0.39, 0.29) is 0 Å². The van der Waals surface area contributed by atoms with Crippen molar-refractivity contribution < 1.29 is 4.39 Å².